The average Bonchev–Trinajstić information content (AvgIpc) is 2.99. The summed E-state index contributed by atoms with van der Waals surface area (Å²) in [5.74, 6) is 1.64. The number of fused-ring (bicyclic) bond motifs is 5. The first kappa shape index (κ1) is 13.1. The maximum Gasteiger partial charge on any atom is 0.146 e. The molecule has 0 atom stereocenters. The van der Waals surface area contributed by atoms with Gasteiger partial charge in [0.25, 0.3) is 0 Å². The Morgan fingerprint density at radius 3 is 2.76 bits per heavy atom. The Morgan fingerprint density at radius 1 is 1.14 bits per heavy atom. The van der Waals surface area contributed by atoms with Crippen molar-refractivity contribution in [2.75, 3.05) is 0 Å². The molecule has 106 valence electrons. The lowest BCUT2D eigenvalue weighted by molar-refractivity contribution is 0.500. The van der Waals surface area contributed by atoms with Gasteiger partial charge in [0, 0.05) is 33.5 Å². The molecule has 0 aliphatic carbocycles. The first-order chi connectivity index (χ1) is 10.1. The predicted molar refractivity (Wildman–Crippen MR) is 90.5 cm³/mol. The largest absolute Gasteiger partial charge is 0.461 e. The summed E-state index contributed by atoms with van der Waals surface area (Å²) in [4.78, 5) is 4.18. The molecular formula is C17H14ClNOS. The Balaban J connectivity index is 2.06. The van der Waals surface area contributed by atoms with Crippen LogP contribution in [0.5, 0.6) is 0 Å². The molecule has 0 aliphatic heterocycles. The number of pyridine rings is 1. The van der Waals surface area contributed by atoms with Crippen LogP contribution >= 0.6 is 22.9 Å². The number of benzene rings is 1. The first-order valence-corrected chi connectivity index (χ1v) is 8.21. The summed E-state index contributed by atoms with van der Waals surface area (Å²) >= 11 is 7.93. The molecule has 4 heteroatoms. The van der Waals surface area contributed by atoms with Crippen LogP contribution < -0.4 is 0 Å². The highest BCUT2D eigenvalue weighted by Crippen LogP contribution is 2.41. The van der Waals surface area contributed by atoms with E-state index in [-0.39, 0.29) is 0 Å². The smallest absolute Gasteiger partial charge is 0.146 e. The third kappa shape index (κ3) is 2.03. The summed E-state index contributed by atoms with van der Waals surface area (Å²) in [6, 6.07) is 8.38. The van der Waals surface area contributed by atoms with E-state index in [1.807, 2.05) is 6.07 Å². The Morgan fingerprint density at radius 2 is 1.95 bits per heavy atom. The van der Waals surface area contributed by atoms with Gasteiger partial charge in [-0.25, -0.2) is 4.98 Å². The van der Waals surface area contributed by atoms with Crippen LogP contribution in [0, 0.1) is 5.92 Å². The van der Waals surface area contributed by atoms with Crippen LogP contribution in [0.25, 0.3) is 31.1 Å². The fourth-order valence-corrected chi connectivity index (χ4v) is 4.26. The molecule has 4 rings (SSSR count). The molecule has 0 bridgehead atoms. The van der Waals surface area contributed by atoms with Crippen LogP contribution in [0.2, 0.25) is 5.15 Å². The van der Waals surface area contributed by atoms with Gasteiger partial charge in [0.15, 0.2) is 0 Å². The van der Waals surface area contributed by atoms with Crippen LogP contribution in [0.3, 0.4) is 0 Å². The van der Waals surface area contributed by atoms with Crippen molar-refractivity contribution in [3.05, 3.63) is 41.4 Å². The van der Waals surface area contributed by atoms with Gasteiger partial charge in [-0.2, -0.15) is 0 Å². The van der Waals surface area contributed by atoms with Crippen LogP contribution in [0.4, 0.5) is 0 Å². The molecule has 0 radical (unpaired) electrons. The fraction of sp³-hybridized carbons (Fsp3) is 0.235. The minimum absolute atomic E-state index is 0.577. The number of thiophene rings is 1. The summed E-state index contributed by atoms with van der Waals surface area (Å²) in [6.45, 7) is 4.40. The lowest BCUT2D eigenvalue weighted by atomic mass is 10.1. The van der Waals surface area contributed by atoms with Gasteiger partial charge in [0.05, 0.1) is 4.70 Å². The summed E-state index contributed by atoms with van der Waals surface area (Å²) in [5, 5.41) is 4.15. The zero-order chi connectivity index (χ0) is 14.6. The highest BCUT2D eigenvalue weighted by Gasteiger charge is 2.14. The molecule has 0 saturated heterocycles. The van der Waals surface area contributed by atoms with Gasteiger partial charge in [-0.05, 0) is 30.2 Å². The highest BCUT2D eigenvalue weighted by molar-refractivity contribution is 7.27. The van der Waals surface area contributed by atoms with Crippen LogP contribution in [0.15, 0.2) is 34.9 Å². The van der Waals surface area contributed by atoms with Crippen molar-refractivity contribution < 1.29 is 4.42 Å². The van der Waals surface area contributed by atoms with Crippen molar-refractivity contribution in [1.29, 1.82) is 0 Å². The van der Waals surface area contributed by atoms with Gasteiger partial charge in [-0.1, -0.05) is 25.4 Å². The zero-order valence-corrected chi connectivity index (χ0v) is 13.4. The van der Waals surface area contributed by atoms with E-state index in [0.29, 0.717) is 11.1 Å². The molecule has 0 saturated carbocycles. The van der Waals surface area contributed by atoms with Gasteiger partial charge in [0.2, 0.25) is 0 Å². The second-order valence-corrected chi connectivity index (χ2v) is 7.12. The van der Waals surface area contributed by atoms with E-state index in [1.54, 1.807) is 17.5 Å². The second-order valence-electron chi connectivity index (χ2n) is 5.75. The fourth-order valence-electron chi connectivity index (χ4n) is 2.80. The summed E-state index contributed by atoms with van der Waals surface area (Å²) in [6.07, 6.45) is 2.73. The summed E-state index contributed by atoms with van der Waals surface area (Å²) in [5.41, 5.74) is 0.953. The van der Waals surface area contributed by atoms with Crippen molar-refractivity contribution in [3.63, 3.8) is 0 Å². The SMILES string of the molecule is CC(C)Cc1cc2c(ccc3c4ccnc(Cl)c4sc23)o1. The van der Waals surface area contributed by atoms with Gasteiger partial charge in [-0.3, -0.25) is 0 Å². The van der Waals surface area contributed by atoms with E-state index in [4.69, 9.17) is 16.0 Å². The molecule has 0 amide bonds. The number of hydrogen-bond acceptors (Lipinski definition) is 3. The van der Waals surface area contributed by atoms with Crippen molar-refractivity contribution >= 4 is 54.1 Å². The summed E-state index contributed by atoms with van der Waals surface area (Å²) in [7, 11) is 0. The number of aromatic nitrogens is 1. The lowest BCUT2D eigenvalue weighted by Gasteiger charge is -1.98. The monoisotopic (exact) mass is 315 g/mol. The number of halogens is 1. The Hall–Kier alpha value is -1.58. The molecule has 4 aromatic rings. The molecular weight excluding hydrogens is 302 g/mol. The zero-order valence-electron chi connectivity index (χ0n) is 11.8. The molecule has 0 spiro atoms. The number of furan rings is 1. The predicted octanol–water partition coefficient (Wildman–Crippen LogP) is 6.05. The minimum Gasteiger partial charge on any atom is -0.461 e. The van der Waals surface area contributed by atoms with Gasteiger partial charge < -0.3 is 4.42 Å². The number of nitrogens with zero attached hydrogens (tertiary/aromatic N) is 1. The Labute approximate surface area is 131 Å². The molecule has 3 aromatic heterocycles. The molecule has 3 heterocycles. The van der Waals surface area contributed by atoms with Gasteiger partial charge >= 0.3 is 0 Å². The van der Waals surface area contributed by atoms with Gasteiger partial charge in [0.1, 0.15) is 16.5 Å². The molecule has 2 nitrogen and oxygen atoms in total. The third-order valence-corrected chi connectivity index (χ3v) is 5.33. The van der Waals surface area contributed by atoms with E-state index in [0.717, 1.165) is 22.5 Å². The first-order valence-electron chi connectivity index (χ1n) is 7.01. The van der Waals surface area contributed by atoms with Crippen molar-refractivity contribution in [2.24, 2.45) is 5.92 Å². The maximum atomic E-state index is 6.23. The van der Waals surface area contributed by atoms with E-state index in [9.17, 15) is 0 Å². The van der Waals surface area contributed by atoms with Gasteiger partial charge in [-0.15, -0.1) is 11.3 Å². The second kappa shape index (κ2) is 4.72. The van der Waals surface area contributed by atoms with E-state index < -0.39 is 0 Å². The lowest BCUT2D eigenvalue weighted by Crippen LogP contribution is -1.90. The normalized spacial score (nSPS) is 12.2. The van der Waals surface area contributed by atoms with Crippen LogP contribution in [-0.4, -0.2) is 4.98 Å². The number of rotatable bonds is 2. The van der Waals surface area contributed by atoms with Crippen LogP contribution in [-0.2, 0) is 6.42 Å². The molecule has 0 aliphatic rings. The third-order valence-electron chi connectivity index (χ3n) is 3.67. The molecule has 0 fully saturated rings. The maximum absolute atomic E-state index is 6.23. The minimum atomic E-state index is 0.577. The van der Waals surface area contributed by atoms with Crippen molar-refractivity contribution in [3.8, 4) is 0 Å². The highest BCUT2D eigenvalue weighted by atomic mass is 35.5. The topological polar surface area (TPSA) is 26.0 Å². The van der Waals surface area contributed by atoms with E-state index in [1.165, 1.54) is 20.9 Å². The van der Waals surface area contributed by atoms with Crippen molar-refractivity contribution in [1.82, 2.24) is 4.98 Å². The molecule has 0 unspecified atom stereocenters. The molecule has 21 heavy (non-hydrogen) atoms. The van der Waals surface area contributed by atoms with Crippen LogP contribution in [0.1, 0.15) is 19.6 Å². The molecule has 1 aromatic carbocycles. The summed E-state index contributed by atoms with van der Waals surface area (Å²) < 4.78 is 8.25. The number of hydrogen-bond donors (Lipinski definition) is 0. The molecule has 0 N–H and O–H groups in total. The Bertz CT molecular complexity index is 967. The Kier molecular flexibility index (Phi) is 2.95. The van der Waals surface area contributed by atoms with Crippen molar-refractivity contribution in [2.45, 2.75) is 20.3 Å². The van der Waals surface area contributed by atoms with E-state index >= 15 is 0 Å². The quantitative estimate of drug-likeness (QED) is 0.421. The average molecular weight is 316 g/mol. The standard InChI is InChI=1S/C17H14ClNOS/c1-9(2)7-10-8-13-14(20-10)4-3-11-12-5-6-19-17(18)16(12)21-15(11)13/h3-6,8-9H,7H2,1-2H3. The van der Waals surface area contributed by atoms with E-state index in [2.05, 4.69) is 37.0 Å².